The van der Waals surface area contributed by atoms with E-state index in [1.807, 2.05) is 6.92 Å². The maximum Gasteiger partial charge on any atom is 0.254 e. The molecule has 1 aliphatic rings. The van der Waals surface area contributed by atoms with Gasteiger partial charge < -0.3 is 10.0 Å². The summed E-state index contributed by atoms with van der Waals surface area (Å²) in [7, 11) is 0. The number of pyridine rings is 1. The first-order valence-corrected chi connectivity index (χ1v) is 7.64. The number of halogens is 1. The van der Waals surface area contributed by atoms with Crippen LogP contribution in [0.2, 0.25) is 0 Å². The highest BCUT2D eigenvalue weighted by molar-refractivity contribution is 6.06. The second-order valence-corrected chi connectivity index (χ2v) is 5.64. The van der Waals surface area contributed by atoms with Gasteiger partial charge in [0.05, 0.1) is 17.7 Å². The van der Waals surface area contributed by atoms with Gasteiger partial charge in [-0.25, -0.2) is 4.39 Å². The number of rotatable bonds is 5. The van der Waals surface area contributed by atoms with Crippen LogP contribution < -0.4 is 0 Å². The summed E-state index contributed by atoms with van der Waals surface area (Å²) in [6, 6.07) is 6.14. The minimum Gasteiger partial charge on any atom is -0.395 e. The number of carbonyl (C=O) groups excluding carboxylic acids is 1. The summed E-state index contributed by atoms with van der Waals surface area (Å²) in [6.45, 7) is 2.54. The molecule has 1 heterocycles. The van der Waals surface area contributed by atoms with Gasteiger partial charge in [0.15, 0.2) is 0 Å². The molecule has 0 atom stereocenters. The Morgan fingerprint density at radius 1 is 1.41 bits per heavy atom. The van der Waals surface area contributed by atoms with E-state index < -0.39 is 0 Å². The second-order valence-electron chi connectivity index (χ2n) is 5.64. The summed E-state index contributed by atoms with van der Waals surface area (Å²) in [5, 5.41) is 9.64. The third-order valence-corrected chi connectivity index (χ3v) is 4.06. The summed E-state index contributed by atoms with van der Waals surface area (Å²) in [4.78, 5) is 18.9. The van der Waals surface area contributed by atoms with Gasteiger partial charge in [0.1, 0.15) is 5.82 Å². The lowest BCUT2D eigenvalue weighted by molar-refractivity contribution is 0.0734. The zero-order valence-corrected chi connectivity index (χ0v) is 12.6. The third-order valence-electron chi connectivity index (χ3n) is 4.06. The molecule has 1 amide bonds. The van der Waals surface area contributed by atoms with E-state index in [4.69, 9.17) is 5.11 Å². The number of aliphatic hydroxyl groups is 1. The van der Waals surface area contributed by atoms with Crippen LogP contribution in [0.3, 0.4) is 0 Å². The van der Waals surface area contributed by atoms with Crippen molar-refractivity contribution in [2.24, 2.45) is 0 Å². The summed E-state index contributed by atoms with van der Waals surface area (Å²) >= 11 is 0. The molecule has 1 aromatic carbocycles. The Morgan fingerprint density at radius 2 is 2.18 bits per heavy atom. The topological polar surface area (TPSA) is 53.4 Å². The van der Waals surface area contributed by atoms with Gasteiger partial charge in [-0.1, -0.05) is 0 Å². The number of nitrogens with zero attached hydrogens (tertiary/aromatic N) is 2. The molecule has 0 saturated heterocycles. The van der Waals surface area contributed by atoms with Crippen molar-refractivity contribution >= 4 is 16.8 Å². The van der Waals surface area contributed by atoms with Gasteiger partial charge in [0, 0.05) is 30.1 Å². The molecule has 0 radical (unpaired) electrons. The Bertz CT molecular complexity index is 713. The fourth-order valence-electron chi connectivity index (χ4n) is 2.68. The van der Waals surface area contributed by atoms with Crippen molar-refractivity contribution in [3.8, 4) is 0 Å². The number of fused-ring (bicyclic) bond motifs is 1. The zero-order chi connectivity index (χ0) is 15.7. The number of aromatic nitrogens is 1. The number of hydrogen-bond donors (Lipinski definition) is 1. The predicted octanol–water partition coefficient (Wildman–Crippen LogP) is 2.71. The monoisotopic (exact) mass is 302 g/mol. The highest BCUT2D eigenvalue weighted by atomic mass is 19.1. The number of amides is 1. The maximum absolute atomic E-state index is 13.6. The van der Waals surface area contributed by atoms with Gasteiger partial charge in [0.2, 0.25) is 0 Å². The molecule has 22 heavy (non-hydrogen) atoms. The Balaban J connectivity index is 2.12. The van der Waals surface area contributed by atoms with Gasteiger partial charge in [0.25, 0.3) is 5.91 Å². The Labute approximate surface area is 128 Å². The first kappa shape index (κ1) is 14.9. The van der Waals surface area contributed by atoms with Crippen LogP contribution in [0.25, 0.3) is 10.9 Å². The molecule has 1 fully saturated rings. The minimum absolute atomic E-state index is 0.0908. The van der Waals surface area contributed by atoms with Gasteiger partial charge >= 0.3 is 0 Å². The van der Waals surface area contributed by atoms with Crippen LogP contribution >= 0.6 is 0 Å². The smallest absolute Gasteiger partial charge is 0.254 e. The molecule has 0 unspecified atom stereocenters. The van der Waals surface area contributed by atoms with Crippen molar-refractivity contribution in [3.63, 3.8) is 0 Å². The molecule has 3 rings (SSSR count). The Kier molecular flexibility index (Phi) is 4.07. The quantitative estimate of drug-likeness (QED) is 0.924. The van der Waals surface area contributed by atoms with Gasteiger partial charge in [-0.3, -0.25) is 9.78 Å². The van der Waals surface area contributed by atoms with E-state index in [1.54, 1.807) is 17.0 Å². The highest BCUT2D eigenvalue weighted by Gasteiger charge is 2.27. The standard InChI is InChI=1S/C17H19FN2O2/c1-2-20(7-8-21)17(22)14-10-16(11-3-4-11)19-15-6-5-12(18)9-13(14)15/h5-6,9-11,21H,2-4,7-8H2,1H3. The SMILES string of the molecule is CCN(CCO)C(=O)c1cc(C2CC2)nc2ccc(F)cc12. The van der Waals surface area contributed by atoms with E-state index in [0.717, 1.165) is 18.5 Å². The summed E-state index contributed by atoms with van der Waals surface area (Å²) < 4.78 is 13.6. The molecule has 1 N–H and O–H groups in total. The molecule has 2 aromatic rings. The van der Waals surface area contributed by atoms with Crippen LogP contribution in [-0.2, 0) is 0 Å². The maximum atomic E-state index is 13.6. The van der Waals surface area contributed by atoms with E-state index in [-0.39, 0.29) is 24.9 Å². The van der Waals surface area contributed by atoms with Gasteiger partial charge in [-0.15, -0.1) is 0 Å². The van der Waals surface area contributed by atoms with Crippen LogP contribution in [0, 0.1) is 5.82 Å². The number of benzene rings is 1. The summed E-state index contributed by atoms with van der Waals surface area (Å²) in [6.07, 6.45) is 2.17. The fraction of sp³-hybridized carbons (Fsp3) is 0.412. The first-order valence-electron chi connectivity index (χ1n) is 7.64. The molecule has 1 aliphatic carbocycles. The molecule has 0 spiro atoms. The molecule has 1 aromatic heterocycles. The average Bonchev–Trinajstić information content (AvgIpc) is 3.35. The van der Waals surface area contributed by atoms with Crippen molar-refractivity contribution in [3.05, 3.63) is 41.3 Å². The molecule has 0 aliphatic heterocycles. The van der Waals surface area contributed by atoms with E-state index in [0.29, 0.717) is 28.9 Å². The van der Waals surface area contributed by atoms with E-state index in [9.17, 15) is 9.18 Å². The van der Waals surface area contributed by atoms with Crippen molar-refractivity contribution in [2.75, 3.05) is 19.7 Å². The van der Waals surface area contributed by atoms with Crippen LogP contribution in [0.1, 0.15) is 41.7 Å². The molecular weight excluding hydrogens is 283 g/mol. The third kappa shape index (κ3) is 2.81. The minimum atomic E-state index is -0.382. The molecule has 116 valence electrons. The van der Waals surface area contributed by atoms with Gasteiger partial charge in [-0.2, -0.15) is 0 Å². The number of carbonyl (C=O) groups is 1. The summed E-state index contributed by atoms with van der Waals surface area (Å²) in [5.74, 6) is -0.155. The van der Waals surface area contributed by atoms with Crippen molar-refractivity contribution in [1.82, 2.24) is 9.88 Å². The van der Waals surface area contributed by atoms with Crippen LogP contribution in [0.15, 0.2) is 24.3 Å². The first-order chi connectivity index (χ1) is 10.6. The van der Waals surface area contributed by atoms with Crippen molar-refractivity contribution in [1.29, 1.82) is 0 Å². The molecule has 0 bridgehead atoms. The molecular formula is C17H19FN2O2. The lowest BCUT2D eigenvalue weighted by Crippen LogP contribution is -2.33. The second kappa shape index (κ2) is 6.01. The Hall–Kier alpha value is -2.01. The Morgan fingerprint density at radius 3 is 2.82 bits per heavy atom. The lowest BCUT2D eigenvalue weighted by Gasteiger charge is -2.21. The van der Waals surface area contributed by atoms with Crippen molar-refractivity contribution < 1.29 is 14.3 Å². The fourth-order valence-corrected chi connectivity index (χ4v) is 2.68. The lowest BCUT2D eigenvalue weighted by atomic mass is 10.0. The molecule has 5 heteroatoms. The normalized spacial score (nSPS) is 14.3. The van der Waals surface area contributed by atoms with E-state index >= 15 is 0 Å². The number of likely N-dealkylation sites (N-methyl/N-ethyl adjacent to an activating group) is 1. The zero-order valence-electron chi connectivity index (χ0n) is 12.6. The van der Waals surface area contributed by atoms with Crippen molar-refractivity contribution in [2.45, 2.75) is 25.7 Å². The van der Waals surface area contributed by atoms with Crippen LogP contribution in [-0.4, -0.2) is 40.6 Å². The largest absolute Gasteiger partial charge is 0.395 e. The van der Waals surface area contributed by atoms with E-state index in [1.165, 1.54) is 12.1 Å². The van der Waals surface area contributed by atoms with Crippen LogP contribution in [0.4, 0.5) is 4.39 Å². The van der Waals surface area contributed by atoms with E-state index in [2.05, 4.69) is 4.98 Å². The highest BCUT2D eigenvalue weighted by Crippen LogP contribution is 2.40. The molecule has 4 nitrogen and oxygen atoms in total. The van der Waals surface area contributed by atoms with Crippen LogP contribution in [0.5, 0.6) is 0 Å². The molecule has 1 saturated carbocycles. The summed E-state index contributed by atoms with van der Waals surface area (Å²) in [5.41, 5.74) is 2.03. The number of aliphatic hydroxyl groups excluding tert-OH is 1. The predicted molar refractivity (Wildman–Crippen MR) is 82.3 cm³/mol. The number of hydrogen-bond acceptors (Lipinski definition) is 3. The average molecular weight is 302 g/mol. The van der Waals surface area contributed by atoms with Gasteiger partial charge in [-0.05, 0) is 44.0 Å².